The number of anilines is 1. The highest BCUT2D eigenvalue weighted by Crippen LogP contribution is 2.23. The number of carbonyl (C=O) groups excluding carboxylic acids is 2. The molecule has 0 spiro atoms. The Morgan fingerprint density at radius 3 is 2.38 bits per heavy atom. The largest absolute Gasteiger partial charge is 0.349 e. The van der Waals surface area contributed by atoms with Gasteiger partial charge in [0.1, 0.15) is 5.82 Å². The SMILES string of the molecule is O=C(NC(=S)Nc1ccc(Cl)c(C(=O)NC2CCCCC2)c1)c1ccc(F)cc1. The zero-order valence-corrected chi connectivity index (χ0v) is 17.2. The fourth-order valence-electron chi connectivity index (χ4n) is 3.23. The van der Waals surface area contributed by atoms with E-state index in [0.29, 0.717) is 16.3 Å². The van der Waals surface area contributed by atoms with Crippen LogP contribution in [0.1, 0.15) is 52.8 Å². The number of halogens is 2. The standard InChI is InChI=1S/C21H21ClFN3O2S/c22-18-11-10-16(12-17(18)20(28)24-15-4-2-1-3-5-15)25-21(29)26-19(27)13-6-8-14(23)9-7-13/h6-12,15H,1-5H2,(H,24,28)(H2,25,26,27,29). The van der Waals surface area contributed by atoms with Crippen LogP contribution in [0.2, 0.25) is 5.02 Å². The first-order valence-corrected chi connectivity index (χ1v) is 10.2. The van der Waals surface area contributed by atoms with E-state index < -0.39 is 11.7 Å². The van der Waals surface area contributed by atoms with Gasteiger partial charge in [-0.3, -0.25) is 14.9 Å². The first-order valence-electron chi connectivity index (χ1n) is 9.40. The van der Waals surface area contributed by atoms with E-state index in [4.69, 9.17) is 23.8 Å². The van der Waals surface area contributed by atoms with Crippen molar-refractivity contribution in [3.05, 3.63) is 64.4 Å². The van der Waals surface area contributed by atoms with Crippen LogP contribution in [0.5, 0.6) is 0 Å². The highest BCUT2D eigenvalue weighted by atomic mass is 35.5. The van der Waals surface area contributed by atoms with Crippen LogP contribution in [-0.4, -0.2) is 23.0 Å². The van der Waals surface area contributed by atoms with E-state index in [0.717, 1.165) is 25.7 Å². The zero-order chi connectivity index (χ0) is 20.8. The summed E-state index contributed by atoms with van der Waals surface area (Å²) in [6.45, 7) is 0. The molecule has 0 radical (unpaired) electrons. The molecule has 0 saturated heterocycles. The molecule has 2 amide bonds. The number of carbonyl (C=O) groups is 2. The molecule has 0 aromatic heterocycles. The van der Waals surface area contributed by atoms with E-state index >= 15 is 0 Å². The fraction of sp³-hybridized carbons (Fsp3) is 0.286. The van der Waals surface area contributed by atoms with Gasteiger partial charge in [0.2, 0.25) is 0 Å². The molecule has 5 nitrogen and oxygen atoms in total. The Bertz CT molecular complexity index is 915. The smallest absolute Gasteiger partial charge is 0.257 e. The summed E-state index contributed by atoms with van der Waals surface area (Å²) in [7, 11) is 0. The van der Waals surface area contributed by atoms with Gasteiger partial charge in [-0.2, -0.15) is 0 Å². The summed E-state index contributed by atoms with van der Waals surface area (Å²) in [6, 6.07) is 10.1. The summed E-state index contributed by atoms with van der Waals surface area (Å²) in [5.41, 5.74) is 1.14. The van der Waals surface area contributed by atoms with Crippen molar-refractivity contribution in [2.24, 2.45) is 0 Å². The van der Waals surface area contributed by atoms with Gasteiger partial charge in [0.25, 0.3) is 11.8 Å². The van der Waals surface area contributed by atoms with Gasteiger partial charge in [0, 0.05) is 17.3 Å². The van der Waals surface area contributed by atoms with Crippen LogP contribution in [0.4, 0.5) is 10.1 Å². The normalized spacial score (nSPS) is 14.1. The highest BCUT2D eigenvalue weighted by Gasteiger charge is 2.19. The van der Waals surface area contributed by atoms with Crippen LogP contribution >= 0.6 is 23.8 Å². The molecule has 0 heterocycles. The fourth-order valence-corrected chi connectivity index (χ4v) is 3.64. The zero-order valence-electron chi connectivity index (χ0n) is 15.6. The van der Waals surface area contributed by atoms with Crippen molar-refractivity contribution in [1.29, 1.82) is 0 Å². The molecule has 1 aliphatic carbocycles. The number of rotatable bonds is 4. The van der Waals surface area contributed by atoms with Gasteiger partial charge in [-0.05, 0) is 67.5 Å². The number of amides is 2. The Kier molecular flexibility index (Phi) is 7.17. The number of thiocarbonyl (C=S) groups is 1. The molecule has 0 unspecified atom stereocenters. The maximum atomic E-state index is 13.0. The second kappa shape index (κ2) is 9.80. The molecular weight excluding hydrogens is 413 g/mol. The van der Waals surface area contributed by atoms with Gasteiger partial charge >= 0.3 is 0 Å². The van der Waals surface area contributed by atoms with Gasteiger partial charge in [0.15, 0.2) is 5.11 Å². The molecule has 1 saturated carbocycles. The monoisotopic (exact) mass is 433 g/mol. The van der Waals surface area contributed by atoms with Crippen molar-refractivity contribution in [2.75, 3.05) is 5.32 Å². The topological polar surface area (TPSA) is 70.2 Å². The van der Waals surface area contributed by atoms with E-state index in [2.05, 4.69) is 16.0 Å². The summed E-state index contributed by atoms with van der Waals surface area (Å²) in [5.74, 6) is -1.12. The second-order valence-electron chi connectivity index (χ2n) is 6.92. The Balaban J connectivity index is 1.62. The third kappa shape index (κ3) is 5.98. The van der Waals surface area contributed by atoms with Crippen LogP contribution < -0.4 is 16.0 Å². The Morgan fingerprint density at radius 1 is 1.00 bits per heavy atom. The van der Waals surface area contributed by atoms with Gasteiger partial charge in [-0.1, -0.05) is 30.9 Å². The summed E-state index contributed by atoms with van der Waals surface area (Å²) in [6.07, 6.45) is 5.37. The maximum Gasteiger partial charge on any atom is 0.257 e. The second-order valence-corrected chi connectivity index (χ2v) is 7.73. The van der Waals surface area contributed by atoms with Crippen LogP contribution in [0.25, 0.3) is 0 Å². The Hall–Kier alpha value is -2.51. The molecule has 1 aliphatic rings. The van der Waals surface area contributed by atoms with E-state index in [9.17, 15) is 14.0 Å². The van der Waals surface area contributed by atoms with Gasteiger partial charge < -0.3 is 10.6 Å². The van der Waals surface area contributed by atoms with Crippen LogP contribution in [-0.2, 0) is 0 Å². The lowest BCUT2D eigenvalue weighted by atomic mass is 9.95. The Labute approximate surface area is 179 Å². The molecule has 3 N–H and O–H groups in total. The van der Waals surface area contributed by atoms with E-state index in [1.165, 1.54) is 30.7 Å². The first-order chi connectivity index (χ1) is 13.9. The quantitative estimate of drug-likeness (QED) is 0.613. The van der Waals surface area contributed by atoms with Gasteiger partial charge in [-0.25, -0.2) is 4.39 Å². The van der Waals surface area contributed by atoms with Crippen molar-refractivity contribution >= 4 is 46.4 Å². The lowest BCUT2D eigenvalue weighted by molar-refractivity contribution is 0.0926. The summed E-state index contributed by atoms with van der Waals surface area (Å²) in [5, 5.41) is 8.81. The lowest BCUT2D eigenvalue weighted by Gasteiger charge is -2.23. The number of hydrogen-bond acceptors (Lipinski definition) is 3. The average molecular weight is 434 g/mol. The van der Waals surface area contributed by atoms with E-state index in [1.807, 2.05) is 0 Å². The summed E-state index contributed by atoms with van der Waals surface area (Å²) >= 11 is 11.4. The van der Waals surface area contributed by atoms with Crippen molar-refractivity contribution in [1.82, 2.24) is 10.6 Å². The third-order valence-corrected chi connectivity index (χ3v) is 5.28. The van der Waals surface area contributed by atoms with Gasteiger partial charge in [-0.15, -0.1) is 0 Å². The molecule has 3 rings (SSSR count). The number of benzene rings is 2. The molecule has 0 aliphatic heterocycles. The minimum Gasteiger partial charge on any atom is -0.349 e. The molecular formula is C21H21ClFN3O2S. The molecule has 152 valence electrons. The maximum absolute atomic E-state index is 13.0. The molecule has 2 aromatic rings. The minimum atomic E-state index is -0.466. The molecule has 8 heteroatoms. The van der Waals surface area contributed by atoms with Crippen molar-refractivity contribution in [2.45, 2.75) is 38.1 Å². The number of hydrogen-bond donors (Lipinski definition) is 3. The van der Waals surface area contributed by atoms with Crippen LogP contribution in [0.3, 0.4) is 0 Å². The number of nitrogens with one attached hydrogen (secondary N) is 3. The molecule has 0 atom stereocenters. The molecule has 0 bridgehead atoms. The van der Waals surface area contributed by atoms with E-state index in [-0.39, 0.29) is 22.6 Å². The molecule has 1 fully saturated rings. The van der Waals surface area contributed by atoms with Crippen LogP contribution in [0.15, 0.2) is 42.5 Å². The van der Waals surface area contributed by atoms with Gasteiger partial charge in [0.05, 0.1) is 10.6 Å². The predicted octanol–water partition coefficient (Wildman–Crippen LogP) is 4.67. The van der Waals surface area contributed by atoms with Crippen molar-refractivity contribution in [3.8, 4) is 0 Å². The van der Waals surface area contributed by atoms with E-state index in [1.54, 1.807) is 18.2 Å². The first kappa shape index (κ1) is 21.2. The highest BCUT2D eigenvalue weighted by molar-refractivity contribution is 7.80. The minimum absolute atomic E-state index is 0.0558. The average Bonchev–Trinajstić information content (AvgIpc) is 2.70. The van der Waals surface area contributed by atoms with Crippen molar-refractivity contribution in [3.63, 3.8) is 0 Å². The molecule has 2 aromatic carbocycles. The molecule has 29 heavy (non-hydrogen) atoms. The lowest BCUT2D eigenvalue weighted by Crippen LogP contribution is -2.36. The Morgan fingerprint density at radius 2 is 1.69 bits per heavy atom. The predicted molar refractivity (Wildman–Crippen MR) is 116 cm³/mol. The van der Waals surface area contributed by atoms with Crippen LogP contribution in [0, 0.1) is 5.82 Å². The third-order valence-electron chi connectivity index (χ3n) is 4.74. The van der Waals surface area contributed by atoms with Crippen molar-refractivity contribution < 1.29 is 14.0 Å². The summed E-state index contributed by atoms with van der Waals surface area (Å²) < 4.78 is 13.0. The summed E-state index contributed by atoms with van der Waals surface area (Å²) in [4.78, 5) is 24.8.